The van der Waals surface area contributed by atoms with Gasteiger partial charge in [-0.25, -0.2) is 4.79 Å². The van der Waals surface area contributed by atoms with Gasteiger partial charge >= 0.3 is 6.03 Å². The van der Waals surface area contributed by atoms with Crippen molar-refractivity contribution >= 4 is 28.2 Å². The molecular weight excluding hydrogens is 298 g/mol. The number of carbonyl (C=O) groups is 1. The molecule has 0 spiro atoms. The Morgan fingerprint density at radius 2 is 2.09 bits per heavy atom. The van der Waals surface area contributed by atoms with Crippen molar-refractivity contribution in [2.24, 2.45) is 0 Å². The van der Waals surface area contributed by atoms with E-state index >= 15 is 0 Å². The standard InChI is InChI=1S/C16H23N3O2S/c1-16(2)11-19(9-10-22(16)21)15(20)17-13-5-4-6-14-12(13)7-8-18(14)3/h4-6H,7-11H2,1-3H3,(H,17,20). The molecule has 0 bridgehead atoms. The molecule has 3 rings (SSSR count). The minimum Gasteiger partial charge on any atom is -0.374 e. The van der Waals surface area contributed by atoms with E-state index in [0.717, 1.165) is 18.7 Å². The fourth-order valence-corrected chi connectivity index (χ4v) is 4.40. The van der Waals surface area contributed by atoms with Gasteiger partial charge in [0.05, 0.1) is 4.75 Å². The Bertz CT molecular complexity index is 630. The number of amides is 2. The van der Waals surface area contributed by atoms with Crippen molar-refractivity contribution in [2.45, 2.75) is 25.0 Å². The van der Waals surface area contributed by atoms with E-state index in [2.05, 4.69) is 23.3 Å². The van der Waals surface area contributed by atoms with E-state index in [-0.39, 0.29) is 10.8 Å². The molecule has 120 valence electrons. The molecule has 1 aromatic rings. The van der Waals surface area contributed by atoms with E-state index in [0.29, 0.717) is 18.8 Å². The van der Waals surface area contributed by atoms with Crippen molar-refractivity contribution in [1.29, 1.82) is 0 Å². The molecule has 5 nitrogen and oxygen atoms in total. The second-order valence-electron chi connectivity index (χ2n) is 6.64. The smallest absolute Gasteiger partial charge is 0.321 e. The van der Waals surface area contributed by atoms with Crippen LogP contribution in [-0.4, -0.2) is 52.3 Å². The fourth-order valence-electron chi connectivity index (χ4n) is 3.16. The lowest BCUT2D eigenvalue weighted by molar-refractivity contribution is 0.207. The molecule has 22 heavy (non-hydrogen) atoms. The topological polar surface area (TPSA) is 52.7 Å². The average Bonchev–Trinajstić information content (AvgIpc) is 2.85. The normalized spacial score (nSPS) is 23.3. The van der Waals surface area contributed by atoms with Crippen LogP contribution in [0, 0.1) is 0 Å². The molecule has 0 radical (unpaired) electrons. The number of benzene rings is 1. The van der Waals surface area contributed by atoms with Crippen LogP contribution in [0.2, 0.25) is 0 Å². The summed E-state index contributed by atoms with van der Waals surface area (Å²) in [6, 6.07) is 5.94. The zero-order chi connectivity index (χ0) is 15.9. The molecule has 0 aliphatic carbocycles. The van der Waals surface area contributed by atoms with E-state index in [4.69, 9.17) is 0 Å². The number of fused-ring (bicyclic) bond motifs is 1. The average molecular weight is 321 g/mol. The number of hydrogen-bond acceptors (Lipinski definition) is 3. The predicted octanol–water partition coefficient (Wildman–Crippen LogP) is 2.05. The Hall–Kier alpha value is -1.56. The molecule has 2 heterocycles. The Labute approximate surface area is 134 Å². The number of likely N-dealkylation sites (N-methyl/N-ethyl adjacent to an activating group) is 1. The van der Waals surface area contributed by atoms with E-state index < -0.39 is 10.8 Å². The van der Waals surface area contributed by atoms with Gasteiger partial charge in [0, 0.05) is 60.2 Å². The summed E-state index contributed by atoms with van der Waals surface area (Å²) in [5, 5.41) is 3.05. The van der Waals surface area contributed by atoms with Gasteiger partial charge in [-0.3, -0.25) is 4.21 Å². The largest absolute Gasteiger partial charge is 0.374 e. The van der Waals surface area contributed by atoms with E-state index in [1.54, 1.807) is 4.90 Å². The highest BCUT2D eigenvalue weighted by Crippen LogP contribution is 2.32. The first-order chi connectivity index (χ1) is 10.4. The van der Waals surface area contributed by atoms with E-state index in [1.807, 2.05) is 26.0 Å². The third-order valence-corrected chi connectivity index (χ3v) is 6.44. The lowest BCUT2D eigenvalue weighted by Crippen LogP contribution is -2.53. The highest BCUT2D eigenvalue weighted by atomic mass is 32.2. The summed E-state index contributed by atoms with van der Waals surface area (Å²) in [6.07, 6.45) is 0.956. The molecule has 1 unspecified atom stereocenters. The molecule has 2 aliphatic heterocycles. The highest BCUT2D eigenvalue weighted by Gasteiger charge is 2.35. The minimum atomic E-state index is -0.867. The fraction of sp³-hybridized carbons (Fsp3) is 0.562. The van der Waals surface area contributed by atoms with Crippen molar-refractivity contribution in [2.75, 3.05) is 42.7 Å². The molecule has 0 aromatic heterocycles. The monoisotopic (exact) mass is 321 g/mol. The third kappa shape index (κ3) is 2.72. The lowest BCUT2D eigenvalue weighted by atomic mass is 10.1. The molecule has 0 saturated carbocycles. The first kappa shape index (κ1) is 15.3. The first-order valence-electron chi connectivity index (χ1n) is 7.66. The van der Waals surface area contributed by atoms with Crippen molar-refractivity contribution in [1.82, 2.24) is 4.90 Å². The van der Waals surface area contributed by atoms with E-state index in [9.17, 15) is 9.00 Å². The molecular formula is C16H23N3O2S. The summed E-state index contributed by atoms with van der Waals surface area (Å²) < 4.78 is 11.6. The maximum absolute atomic E-state index is 12.5. The zero-order valence-electron chi connectivity index (χ0n) is 13.4. The van der Waals surface area contributed by atoms with Crippen LogP contribution in [0.5, 0.6) is 0 Å². The molecule has 1 fully saturated rings. The Kier molecular flexibility index (Phi) is 3.89. The Balaban J connectivity index is 1.75. The highest BCUT2D eigenvalue weighted by molar-refractivity contribution is 7.86. The maximum atomic E-state index is 12.5. The minimum absolute atomic E-state index is 0.0901. The molecule has 1 aromatic carbocycles. The van der Waals surface area contributed by atoms with Gasteiger partial charge in [0.2, 0.25) is 0 Å². The molecule has 6 heteroatoms. The van der Waals surface area contributed by atoms with Gasteiger partial charge in [-0.05, 0) is 32.4 Å². The second kappa shape index (κ2) is 5.57. The molecule has 1 saturated heterocycles. The van der Waals surface area contributed by atoms with E-state index in [1.165, 1.54) is 11.3 Å². The number of anilines is 2. The molecule has 1 atom stereocenters. The van der Waals surface area contributed by atoms with Gasteiger partial charge in [-0.2, -0.15) is 0 Å². The predicted molar refractivity (Wildman–Crippen MR) is 91.1 cm³/mol. The van der Waals surface area contributed by atoms with Gasteiger partial charge in [-0.1, -0.05) is 6.07 Å². The van der Waals surface area contributed by atoms with Crippen LogP contribution in [0.4, 0.5) is 16.2 Å². The van der Waals surface area contributed by atoms with Crippen LogP contribution in [0.1, 0.15) is 19.4 Å². The van der Waals surface area contributed by atoms with Gasteiger partial charge in [0.15, 0.2) is 0 Å². The molecule has 2 aliphatic rings. The van der Waals surface area contributed by atoms with Gasteiger partial charge < -0.3 is 15.1 Å². The zero-order valence-corrected chi connectivity index (χ0v) is 14.2. The number of rotatable bonds is 1. The maximum Gasteiger partial charge on any atom is 0.321 e. The number of carbonyl (C=O) groups excluding carboxylic acids is 1. The van der Waals surface area contributed by atoms with Crippen LogP contribution >= 0.6 is 0 Å². The summed E-state index contributed by atoms with van der Waals surface area (Å²) in [5.74, 6) is 0.552. The summed E-state index contributed by atoms with van der Waals surface area (Å²) >= 11 is 0. The molecule has 2 amide bonds. The molecule has 1 N–H and O–H groups in total. The van der Waals surface area contributed by atoms with Crippen LogP contribution in [-0.2, 0) is 17.2 Å². The van der Waals surface area contributed by atoms with Crippen LogP contribution in [0.15, 0.2) is 18.2 Å². The van der Waals surface area contributed by atoms with Crippen molar-refractivity contribution in [3.63, 3.8) is 0 Å². The summed E-state index contributed by atoms with van der Waals surface area (Å²) in [5.41, 5.74) is 3.30. The summed E-state index contributed by atoms with van der Waals surface area (Å²) in [6.45, 7) is 5.98. The van der Waals surface area contributed by atoms with Gasteiger partial charge in [0.25, 0.3) is 0 Å². The summed E-state index contributed by atoms with van der Waals surface area (Å²) in [7, 11) is 1.20. The Morgan fingerprint density at radius 3 is 2.82 bits per heavy atom. The van der Waals surface area contributed by atoms with Gasteiger partial charge in [0.1, 0.15) is 0 Å². The number of hydrogen-bond donors (Lipinski definition) is 1. The van der Waals surface area contributed by atoms with Crippen LogP contribution in [0.3, 0.4) is 0 Å². The lowest BCUT2D eigenvalue weighted by Gasteiger charge is -2.37. The van der Waals surface area contributed by atoms with Crippen LogP contribution < -0.4 is 10.2 Å². The number of nitrogens with zero attached hydrogens (tertiary/aromatic N) is 2. The number of urea groups is 1. The van der Waals surface area contributed by atoms with Crippen molar-refractivity contribution in [3.8, 4) is 0 Å². The van der Waals surface area contributed by atoms with Gasteiger partial charge in [-0.15, -0.1) is 0 Å². The van der Waals surface area contributed by atoms with Crippen LogP contribution in [0.25, 0.3) is 0 Å². The summed E-state index contributed by atoms with van der Waals surface area (Å²) in [4.78, 5) is 16.5. The number of nitrogens with one attached hydrogen (secondary N) is 1. The van der Waals surface area contributed by atoms with Crippen molar-refractivity contribution < 1.29 is 9.00 Å². The second-order valence-corrected chi connectivity index (χ2v) is 8.84. The first-order valence-corrected chi connectivity index (χ1v) is 8.98. The SMILES string of the molecule is CN1CCc2c(NC(=O)N3CCS(=O)C(C)(C)C3)cccc21. The third-order valence-electron chi connectivity index (χ3n) is 4.52. The quantitative estimate of drug-likeness (QED) is 0.861. The van der Waals surface area contributed by atoms with Crippen molar-refractivity contribution in [3.05, 3.63) is 23.8 Å². The Morgan fingerprint density at radius 1 is 1.32 bits per heavy atom.